The number of halogens is 1. The highest BCUT2D eigenvalue weighted by atomic mass is 79.9. The first kappa shape index (κ1) is 13.0. The monoisotopic (exact) mass is 331 g/mol. The van der Waals surface area contributed by atoms with Crippen LogP contribution in [0.2, 0.25) is 0 Å². The zero-order valence-electron chi connectivity index (χ0n) is 9.74. The Hall–Kier alpha value is -0.460. The largest absolute Gasteiger partial charge is 0.360 e. The van der Waals surface area contributed by atoms with Crippen molar-refractivity contribution >= 4 is 43.9 Å². The molecule has 2 rings (SSSR count). The van der Waals surface area contributed by atoms with E-state index in [1.165, 1.54) is 20.2 Å². The number of nitrogens with zero attached hydrogens (tertiary/aromatic N) is 2. The van der Waals surface area contributed by atoms with Crippen LogP contribution in [0.25, 0.3) is 0 Å². The fraction of sp³-hybridized carbons (Fsp3) is 0.455. The van der Waals surface area contributed by atoms with Gasteiger partial charge in [0.1, 0.15) is 5.82 Å². The first-order valence-corrected chi connectivity index (χ1v) is 7.85. The molecule has 0 radical (unpaired) electrons. The van der Waals surface area contributed by atoms with E-state index in [1.807, 2.05) is 0 Å². The van der Waals surface area contributed by atoms with E-state index in [9.17, 15) is 0 Å². The Bertz CT molecular complexity index is 479. The van der Waals surface area contributed by atoms with Crippen LogP contribution >= 0.6 is 38.8 Å². The summed E-state index contributed by atoms with van der Waals surface area (Å²) in [7, 11) is 0. The lowest BCUT2D eigenvalue weighted by molar-refractivity contribution is 0.799. The van der Waals surface area contributed by atoms with Gasteiger partial charge in [-0.2, -0.15) is 4.37 Å². The normalized spacial score (nSPS) is 11.1. The summed E-state index contributed by atoms with van der Waals surface area (Å²) in [5, 5.41) is 4.23. The Labute approximate surface area is 118 Å². The van der Waals surface area contributed by atoms with Crippen molar-refractivity contribution < 1.29 is 0 Å². The molecule has 0 spiro atoms. The minimum Gasteiger partial charge on any atom is -0.360 e. The van der Waals surface area contributed by atoms with Crippen molar-refractivity contribution in [3.05, 3.63) is 26.6 Å². The molecule has 0 fully saturated rings. The van der Waals surface area contributed by atoms with E-state index in [-0.39, 0.29) is 0 Å². The topological polar surface area (TPSA) is 37.8 Å². The van der Waals surface area contributed by atoms with Gasteiger partial charge in [-0.3, -0.25) is 0 Å². The Morgan fingerprint density at radius 1 is 1.41 bits per heavy atom. The second kappa shape index (κ2) is 5.93. The molecule has 0 amide bonds. The van der Waals surface area contributed by atoms with Crippen molar-refractivity contribution in [2.75, 3.05) is 11.9 Å². The fourth-order valence-electron chi connectivity index (χ4n) is 1.32. The predicted octanol–water partition coefficient (Wildman–Crippen LogP) is 4.14. The lowest BCUT2D eigenvalue weighted by atomic mass is 10.2. The predicted molar refractivity (Wildman–Crippen MR) is 78.2 cm³/mol. The number of anilines is 1. The van der Waals surface area contributed by atoms with Crippen molar-refractivity contribution in [2.45, 2.75) is 26.2 Å². The van der Waals surface area contributed by atoms with Gasteiger partial charge in [-0.15, -0.1) is 11.3 Å². The molecule has 3 nitrogen and oxygen atoms in total. The number of aromatic nitrogens is 2. The van der Waals surface area contributed by atoms with Crippen LogP contribution in [0.4, 0.5) is 5.13 Å². The maximum Gasteiger partial charge on any atom is 0.202 e. The van der Waals surface area contributed by atoms with Crippen LogP contribution in [-0.2, 0) is 6.42 Å². The van der Waals surface area contributed by atoms with E-state index in [0.29, 0.717) is 5.92 Å². The molecule has 0 saturated heterocycles. The summed E-state index contributed by atoms with van der Waals surface area (Å²) in [4.78, 5) is 5.81. The highest BCUT2D eigenvalue weighted by Gasteiger charge is 2.07. The average Bonchev–Trinajstić information content (AvgIpc) is 2.88. The Morgan fingerprint density at radius 3 is 2.82 bits per heavy atom. The zero-order chi connectivity index (χ0) is 12.3. The maximum atomic E-state index is 4.44. The molecule has 1 N–H and O–H groups in total. The molecule has 0 aliphatic carbocycles. The molecule has 2 heterocycles. The van der Waals surface area contributed by atoms with Crippen molar-refractivity contribution in [1.82, 2.24) is 9.36 Å². The third-order valence-corrected chi connectivity index (χ3v) is 4.60. The molecular formula is C11H14BrN3S2. The van der Waals surface area contributed by atoms with Gasteiger partial charge in [0.25, 0.3) is 0 Å². The number of thiophene rings is 1. The Kier molecular flexibility index (Phi) is 4.53. The summed E-state index contributed by atoms with van der Waals surface area (Å²) in [5.74, 6) is 1.33. The molecule has 0 atom stereocenters. The van der Waals surface area contributed by atoms with Crippen LogP contribution in [0.15, 0.2) is 15.9 Å². The summed E-state index contributed by atoms with van der Waals surface area (Å²) in [6, 6.07) is 4.23. The summed E-state index contributed by atoms with van der Waals surface area (Å²) in [6.07, 6.45) is 1.02. The van der Waals surface area contributed by atoms with E-state index < -0.39 is 0 Å². The molecule has 0 saturated carbocycles. The smallest absolute Gasteiger partial charge is 0.202 e. The first-order chi connectivity index (χ1) is 8.15. The van der Waals surface area contributed by atoms with Gasteiger partial charge < -0.3 is 5.32 Å². The van der Waals surface area contributed by atoms with Crippen molar-refractivity contribution in [2.24, 2.45) is 0 Å². The van der Waals surface area contributed by atoms with Gasteiger partial charge in [-0.25, -0.2) is 4.98 Å². The second-order valence-corrected chi connectivity index (χ2v) is 7.29. The second-order valence-electron chi connectivity index (χ2n) is 4.00. The van der Waals surface area contributed by atoms with Crippen LogP contribution < -0.4 is 5.32 Å². The van der Waals surface area contributed by atoms with E-state index in [0.717, 1.165) is 23.9 Å². The van der Waals surface area contributed by atoms with Gasteiger partial charge in [0.15, 0.2) is 0 Å². The third-order valence-electron chi connectivity index (χ3n) is 2.23. The van der Waals surface area contributed by atoms with Gasteiger partial charge in [-0.05, 0) is 34.5 Å². The van der Waals surface area contributed by atoms with Crippen LogP contribution in [0.1, 0.15) is 30.5 Å². The van der Waals surface area contributed by atoms with Crippen molar-refractivity contribution in [3.8, 4) is 0 Å². The van der Waals surface area contributed by atoms with E-state index in [4.69, 9.17) is 0 Å². The molecule has 2 aromatic rings. The van der Waals surface area contributed by atoms with Crippen LogP contribution in [0.5, 0.6) is 0 Å². The van der Waals surface area contributed by atoms with Crippen LogP contribution in [0, 0.1) is 0 Å². The van der Waals surface area contributed by atoms with E-state index in [2.05, 4.69) is 56.6 Å². The molecule has 17 heavy (non-hydrogen) atoms. The standard InChI is InChI=1S/C11H14BrN3S2/c1-7(2)10-14-11(17-15-10)13-6-5-8-3-4-9(12)16-8/h3-4,7H,5-6H2,1-2H3,(H,13,14,15). The zero-order valence-corrected chi connectivity index (χ0v) is 13.0. The van der Waals surface area contributed by atoms with Crippen molar-refractivity contribution in [1.29, 1.82) is 0 Å². The van der Waals surface area contributed by atoms with Crippen LogP contribution in [0.3, 0.4) is 0 Å². The summed E-state index contributed by atoms with van der Waals surface area (Å²) in [6.45, 7) is 5.11. The highest BCUT2D eigenvalue weighted by Crippen LogP contribution is 2.22. The fourth-order valence-corrected chi connectivity index (χ4v) is 3.54. The van der Waals surface area contributed by atoms with Crippen LogP contribution in [-0.4, -0.2) is 15.9 Å². The number of hydrogen-bond donors (Lipinski definition) is 1. The van der Waals surface area contributed by atoms with E-state index >= 15 is 0 Å². The molecule has 0 aliphatic rings. The number of nitrogens with one attached hydrogen (secondary N) is 1. The number of hydrogen-bond acceptors (Lipinski definition) is 5. The lowest BCUT2D eigenvalue weighted by Crippen LogP contribution is -2.03. The lowest BCUT2D eigenvalue weighted by Gasteiger charge is -2.00. The summed E-state index contributed by atoms with van der Waals surface area (Å²) in [5.41, 5.74) is 0. The molecule has 92 valence electrons. The Balaban J connectivity index is 1.81. The van der Waals surface area contributed by atoms with Gasteiger partial charge in [0, 0.05) is 28.9 Å². The maximum absolute atomic E-state index is 4.44. The van der Waals surface area contributed by atoms with Crippen molar-refractivity contribution in [3.63, 3.8) is 0 Å². The van der Waals surface area contributed by atoms with E-state index in [1.54, 1.807) is 11.3 Å². The Morgan fingerprint density at radius 2 is 2.24 bits per heavy atom. The quantitative estimate of drug-likeness (QED) is 0.894. The minimum atomic E-state index is 0.398. The SMILES string of the molecule is CC(C)c1nsc(NCCc2ccc(Br)s2)n1. The molecule has 0 aromatic carbocycles. The molecular weight excluding hydrogens is 318 g/mol. The van der Waals surface area contributed by atoms with Gasteiger partial charge in [0.2, 0.25) is 5.13 Å². The molecule has 0 bridgehead atoms. The third kappa shape index (κ3) is 3.76. The number of rotatable bonds is 5. The van der Waals surface area contributed by atoms with Gasteiger partial charge in [-0.1, -0.05) is 13.8 Å². The van der Waals surface area contributed by atoms with Gasteiger partial charge in [0.05, 0.1) is 3.79 Å². The molecule has 0 aliphatic heterocycles. The first-order valence-electron chi connectivity index (χ1n) is 5.47. The van der Waals surface area contributed by atoms with Gasteiger partial charge >= 0.3 is 0 Å². The molecule has 2 aromatic heterocycles. The molecule has 0 unspecified atom stereocenters. The molecule has 6 heteroatoms. The minimum absolute atomic E-state index is 0.398. The highest BCUT2D eigenvalue weighted by molar-refractivity contribution is 9.11. The summed E-state index contributed by atoms with van der Waals surface area (Å²) >= 11 is 6.68. The average molecular weight is 332 g/mol. The summed E-state index contributed by atoms with van der Waals surface area (Å²) < 4.78 is 5.49.